The molecule has 1 aliphatic heterocycles. The van der Waals surface area contributed by atoms with Gasteiger partial charge in [-0.15, -0.1) is 0 Å². The van der Waals surface area contributed by atoms with Crippen molar-refractivity contribution in [1.82, 2.24) is 14.0 Å². The number of fused-ring (bicyclic) bond motifs is 2. The summed E-state index contributed by atoms with van der Waals surface area (Å²) >= 11 is 0. The van der Waals surface area contributed by atoms with Crippen LogP contribution in [-0.2, 0) is 26.1 Å². The number of benzene rings is 2. The monoisotopic (exact) mass is 405 g/mol. The zero-order valence-corrected chi connectivity index (χ0v) is 17.0. The molecule has 6 nitrogen and oxygen atoms in total. The molecule has 156 valence electrons. The van der Waals surface area contributed by atoms with E-state index in [4.69, 9.17) is 0 Å². The highest BCUT2D eigenvalue weighted by molar-refractivity contribution is 5.77. The molecule has 0 amide bonds. The molecule has 1 saturated carbocycles. The van der Waals surface area contributed by atoms with Crippen LogP contribution in [-0.4, -0.2) is 38.3 Å². The quantitative estimate of drug-likeness (QED) is 0.681. The maximum Gasteiger partial charge on any atom is 0.331 e. The first-order valence-corrected chi connectivity index (χ1v) is 10.8. The van der Waals surface area contributed by atoms with Gasteiger partial charge in [0, 0.05) is 26.2 Å². The van der Waals surface area contributed by atoms with E-state index in [1.807, 2.05) is 24.3 Å². The van der Waals surface area contributed by atoms with Gasteiger partial charge in [0.15, 0.2) is 0 Å². The van der Waals surface area contributed by atoms with Crippen molar-refractivity contribution in [1.29, 1.82) is 0 Å². The molecule has 1 N–H and O–H groups in total. The molecular weight excluding hydrogens is 378 g/mol. The Kier molecular flexibility index (Phi) is 5.05. The minimum absolute atomic E-state index is 0.0192. The Morgan fingerprint density at radius 2 is 1.67 bits per heavy atom. The Hall–Kier alpha value is -2.70. The van der Waals surface area contributed by atoms with Crippen molar-refractivity contribution in [2.45, 2.75) is 45.0 Å². The minimum atomic E-state index is -0.781. The van der Waals surface area contributed by atoms with Gasteiger partial charge in [-0.05, 0) is 48.4 Å². The van der Waals surface area contributed by atoms with Crippen LogP contribution in [0, 0.1) is 5.92 Å². The molecule has 6 heteroatoms. The SMILES string of the molecule is O=c1c2ccccc2n(CC2CC2)c(=O)n1C[C@H](O)CN1CCc2ccccc2C1. The summed E-state index contributed by atoms with van der Waals surface area (Å²) in [6, 6.07) is 15.7. The first-order chi connectivity index (χ1) is 14.6. The van der Waals surface area contributed by atoms with Crippen LogP contribution in [0.2, 0.25) is 0 Å². The van der Waals surface area contributed by atoms with Crippen LogP contribution in [0.5, 0.6) is 0 Å². The average molecular weight is 405 g/mol. The summed E-state index contributed by atoms with van der Waals surface area (Å²) in [5, 5.41) is 11.3. The number of aromatic nitrogens is 2. The Bertz CT molecular complexity index is 1190. The number of hydrogen-bond acceptors (Lipinski definition) is 4. The number of aliphatic hydroxyl groups excluding tert-OH is 1. The zero-order chi connectivity index (χ0) is 20.7. The van der Waals surface area contributed by atoms with Crippen LogP contribution in [0.3, 0.4) is 0 Å². The van der Waals surface area contributed by atoms with Gasteiger partial charge in [0.25, 0.3) is 5.56 Å². The second kappa shape index (κ2) is 7.85. The molecular formula is C24H27N3O3. The Labute approximate surface area is 175 Å². The van der Waals surface area contributed by atoms with Gasteiger partial charge >= 0.3 is 5.69 Å². The fraction of sp³-hybridized carbons (Fsp3) is 0.417. The van der Waals surface area contributed by atoms with Gasteiger partial charge in [-0.1, -0.05) is 36.4 Å². The number of aliphatic hydroxyl groups is 1. The molecule has 30 heavy (non-hydrogen) atoms. The van der Waals surface area contributed by atoms with E-state index in [1.54, 1.807) is 10.6 Å². The van der Waals surface area contributed by atoms with Crippen molar-refractivity contribution in [3.63, 3.8) is 0 Å². The van der Waals surface area contributed by atoms with E-state index >= 15 is 0 Å². The third-order valence-electron chi connectivity index (χ3n) is 6.34. The van der Waals surface area contributed by atoms with Crippen molar-refractivity contribution < 1.29 is 5.11 Å². The van der Waals surface area contributed by atoms with E-state index in [0.29, 0.717) is 29.9 Å². The standard InChI is InChI=1S/C24H27N3O3/c28-20(15-25-12-11-18-5-1-2-6-19(18)14-25)16-27-23(29)21-7-3-4-8-22(21)26(24(27)30)13-17-9-10-17/h1-8,17,20,28H,9-16H2/t20-/m1/s1. The number of para-hydroxylation sites is 1. The predicted octanol–water partition coefficient (Wildman–Crippen LogP) is 1.99. The lowest BCUT2D eigenvalue weighted by Gasteiger charge is -2.30. The van der Waals surface area contributed by atoms with E-state index in [9.17, 15) is 14.7 Å². The van der Waals surface area contributed by atoms with Gasteiger partial charge in [-0.25, -0.2) is 4.79 Å². The van der Waals surface area contributed by atoms with Gasteiger partial charge < -0.3 is 5.11 Å². The molecule has 2 aromatic carbocycles. The molecule has 0 unspecified atom stereocenters. The predicted molar refractivity (Wildman–Crippen MR) is 117 cm³/mol. The van der Waals surface area contributed by atoms with Crippen molar-refractivity contribution in [3.05, 3.63) is 80.5 Å². The van der Waals surface area contributed by atoms with Gasteiger partial charge in [0.05, 0.1) is 23.6 Å². The molecule has 1 atom stereocenters. The van der Waals surface area contributed by atoms with Crippen molar-refractivity contribution in [2.24, 2.45) is 5.92 Å². The van der Waals surface area contributed by atoms with Gasteiger partial charge in [-0.3, -0.25) is 18.8 Å². The van der Waals surface area contributed by atoms with Crippen molar-refractivity contribution in [2.75, 3.05) is 13.1 Å². The van der Waals surface area contributed by atoms with Crippen LogP contribution in [0.4, 0.5) is 0 Å². The molecule has 1 aromatic heterocycles. The van der Waals surface area contributed by atoms with Crippen LogP contribution in [0.1, 0.15) is 24.0 Å². The number of hydrogen-bond donors (Lipinski definition) is 1. The summed E-state index contributed by atoms with van der Waals surface area (Å²) in [5.41, 5.74) is 2.71. The van der Waals surface area contributed by atoms with Crippen molar-refractivity contribution >= 4 is 10.9 Å². The third kappa shape index (κ3) is 3.73. The van der Waals surface area contributed by atoms with Crippen LogP contribution in [0.25, 0.3) is 10.9 Å². The summed E-state index contributed by atoms with van der Waals surface area (Å²) in [6.07, 6.45) is 2.42. The lowest BCUT2D eigenvalue weighted by Crippen LogP contribution is -2.45. The Balaban J connectivity index is 1.40. The average Bonchev–Trinajstić information content (AvgIpc) is 3.58. The summed E-state index contributed by atoms with van der Waals surface area (Å²) in [5.74, 6) is 0.510. The third-order valence-corrected chi connectivity index (χ3v) is 6.34. The number of rotatable bonds is 6. The number of nitrogens with zero attached hydrogens (tertiary/aromatic N) is 3. The van der Waals surface area contributed by atoms with Gasteiger partial charge in [-0.2, -0.15) is 0 Å². The smallest absolute Gasteiger partial charge is 0.331 e. The lowest BCUT2D eigenvalue weighted by atomic mass is 10.00. The van der Waals surface area contributed by atoms with Crippen LogP contribution >= 0.6 is 0 Å². The maximum atomic E-state index is 13.2. The first kappa shape index (κ1) is 19.3. The topological polar surface area (TPSA) is 67.5 Å². The molecule has 0 bridgehead atoms. The summed E-state index contributed by atoms with van der Waals surface area (Å²) in [6.45, 7) is 2.75. The van der Waals surface area contributed by atoms with Gasteiger partial charge in [0.2, 0.25) is 0 Å². The molecule has 3 aromatic rings. The second-order valence-electron chi connectivity index (χ2n) is 8.68. The van der Waals surface area contributed by atoms with Gasteiger partial charge in [0.1, 0.15) is 0 Å². The van der Waals surface area contributed by atoms with E-state index < -0.39 is 6.10 Å². The van der Waals surface area contributed by atoms with Crippen LogP contribution < -0.4 is 11.2 Å². The molecule has 2 aliphatic rings. The second-order valence-corrected chi connectivity index (χ2v) is 8.68. The molecule has 0 radical (unpaired) electrons. The summed E-state index contributed by atoms with van der Waals surface area (Å²) in [7, 11) is 0. The molecule has 0 saturated heterocycles. The fourth-order valence-electron chi connectivity index (χ4n) is 4.54. The molecule has 1 fully saturated rings. The zero-order valence-electron chi connectivity index (χ0n) is 17.0. The molecule has 5 rings (SSSR count). The van der Waals surface area contributed by atoms with E-state index in [0.717, 1.165) is 32.4 Å². The molecule has 0 spiro atoms. The normalized spacial score (nSPS) is 17.8. The summed E-state index contributed by atoms with van der Waals surface area (Å²) < 4.78 is 2.95. The first-order valence-electron chi connectivity index (χ1n) is 10.8. The maximum absolute atomic E-state index is 13.2. The molecule has 2 heterocycles. The minimum Gasteiger partial charge on any atom is -0.390 e. The van der Waals surface area contributed by atoms with Crippen LogP contribution in [0.15, 0.2) is 58.1 Å². The number of β-amino-alcohol motifs (C(OH)–C–C–N with tert-alkyl or cyclic N) is 1. The Morgan fingerprint density at radius 1 is 0.933 bits per heavy atom. The Morgan fingerprint density at radius 3 is 2.47 bits per heavy atom. The van der Waals surface area contributed by atoms with Crippen molar-refractivity contribution in [3.8, 4) is 0 Å². The fourth-order valence-corrected chi connectivity index (χ4v) is 4.54. The van der Waals surface area contributed by atoms with E-state index in [1.165, 1.54) is 15.7 Å². The van der Waals surface area contributed by atoms with E-state index in [-0.39, 0.29) is 17.8 Å². The largest absolute Gasteiger partial charge is 0.390 e. The molecule has 1 aliphatic carbocycles. The summed E-state index contributed by atoms with van der Waals surface area (Å²) in [4.78, 5) is 28.4. The highest BCUT2D eigenvalue weighted by Gasteiger charge is 2.25. The highest BCUT2D eigenvalue weighted by Crippen LogP contribution is 2.30. The van der Waals surface area contributed by atoms with E-state index in [2.05, 4.69) is 23.1 Å². The lowest BCUT2D eigenvalue weighted by molar-refractivity contribution is 0.0896. The highest BCUT2D eigenvalue weighted by atomic mass is 16.3.